The van der Waals surface area contributed by atoms with Crippen molar-refractivity contribution in [3.05, 3.63) is 0 Å². The fourth-order valence-electron chi connectivity index (χ4n) is 1.48. The number of nitrogens with one attached hydrogen (secondary N) is 2. The molecule has 0 bridgehead atoms. The molecule has 0 aromatic rings. The molecule has 0 aliphatic heterocycles. The molecule has 14 heavy (non-hydrogen) atoms. The van der Waals surface area contributed by atoms with Crippen LogP contribution in [0.15, 0.2) is 0 Å². The highest BCUT2D eigenvalue weighted by molar-refractivity contribution is 4.80. The van der Waals surface area contributed by atoms with Crippen LogP contribution in [0.5, 0.6) is 0 Å². The lowest BCUT2D eigenvalue weighted by molar-refractivity contribution is 0.416. The van der Waals surface area contributed by atoms with Crippen molar-refractivity contribution in [1.82, 2.24) is 10.6 Å². The summed E-state index contributed by atoms with van der Waals surface area (Å²) in [7, 11) is 0. The molecule has 0 aromatic heterocycles. The second-order valence-electron chi connectivity index (χ2n) is 5.47. The maximum absolute atomic E-state index is 3.54. The van der Waals surface area contributed by atoms with E-state index in [9.17, 15) is 0 Å². The highest BCUT2D eigenvalue weighted by Crippen LogP contribution is 2.18. The second kappa shape index (κ2) is 5.72. The van der Waals surface area contributed by atoms with Crippen LogP contribution < -0.4 is 10.6 Å². The van der Waals surface area contributed by atoms with Crippen molar-refractivity contribution < 1.29 is 0 Å². The van der Waals surface area contributed by atoms with Gasteiger partial charge in [0.25, 0.3) is 0 Å². The van der Waals surface area contributed by atoms with Gasteiger partial charge < -0.3 is 10.6 Å². The first-order valence-corrected chi connectivity index (χ1v) is 6.06. The lowest BCUT2D eigenvalue weighted by Gasteiger charge is -2.20. The van der Waals surface area contributed by atoms with Gasteiger partial charge in [-0.05, 0) is 59.5 Å². The van der Waals surface area contributed by atoms with Gasteiger partial charge in [-0.1, -0.05) is 6.42 Å². The van der Waals surface area contributed by atoms with E-state index in [0.717, 1.165) is 12.6 Å². The molecular formula is C12H26N2. The summed E-state index contributed by atoms with van der Waals surface area (Å²) in [4.78, 5) is 0. The largest absolute Gasteiger partial charge is 0.314 e. The Bertz CT molecular complexity index is 145. The molecule has 0 unspecified atom stereocenters. The maximum Gasteiger partial charge on any atom is 0.00965 e. The van der Waals surface area contributed by atoms with Gasteiger partial charge >= 0.3 is 0 Å². The number of hydrogen-bond donors (Lipinski definition) is 2. The number of rotatable bonds is 7. The fraction of sp³-hybridized carbons (Fsp3) is 1.00. The zero-order valence-electron chi connectivity index (χ0n) is 10.0. The van der Waals surface area contributed by atoms with E-state index in [2.05, 4.69) is 31.4 Å². The van der Waals surface area contributed by atoms with Gasteiger partial charge in [0, 0.05) is 11.6 Å². The molecule has 0 radical (unpaired) electrons. The molecule has 1 saturated carbocycles. The predicted molar refractivity (Wildman–Crippen MR) is 62.6 cm³/mol. The number of unbranched alkanes of at least 4 members (excludes halogenated alkanes) is 2. The minimum atomic E-state index is 0.284. The summed E-state index contributed by atoms with van der Waals surface area (Å²) >= 11 is 0. The summed E-state index contributed by atoms with van der Waals surface area (Å²) in [5.74, 6) is 0. The molecule has 1 fully saturated rings. The van der Waals surface area contributed by atoms with Crippen LogP contribution in [0.1, 0.15) is 52.9 Å². The van der Waals surface area contributed by atoms with Gasteiger partial charge in [-0.2, -0.15) is 0 Å². The average molecular weight is 198 g/mol. The van der Waals surface area contributed by atoms with Crippen molar-refractivity contribution in [3.8, 4) is 0 Å². The van der Waals surface area contributed by atoms with Gasteiger partial charge in [0.2, 0.25) is 0 Å². The van der Waals surface area contributed by atoms with Crippen molar-refractivity contribution in [3.63, 3.8) is 0 Å². The molecule has 2 heteroatoms. The molecular weight excluding hydrogens is 172 g/mol. The lowest BCUT2D eigenvalue weighted by atomic mass is 10.1. The topological polar surface area (TPSA) is 24.1 Å². The van der Waals surface area contributed by atoms with E-state index in [-0.39, 0.29) is 5.54 Å². The SMILES string of the molecule is CC(C)(C)NCCCCCNC1CC1. The highest BCUT2D eigenvalue weighted by Gasteiger charge is 2.19. The Morgan fingerprint density at radius 1 is 1.00 bits per heavy atom. The summed E-state index contributed by atoms with van der Waals surface area (Å²) in [5.41, 5.74) is 0.284. The first-order valence-electron chi connectivity index (χ1n) is 6.06. The zero-order chi connectivity index (χ0) is 10.4. The Morgan fingerprint density at radius 2 is 1.64 bits per heavy atom. The van der Waals surface area contributed by atoms with Crippen LogP contribution in [0.4, 0.5) is 0 Å². The Kier molecular flexibility index (Phi) is 4.90. The van der Waals surface area contributed by atoms with Crippen LogP contribution in [0.3, 0.4) is 0 Å². The monoisotopic (exact) mass is 198 g/mol. The molecule has 2 N–H and O–H groups in total. The molecule has 2 nitrogen and oxygen atoms in total. The van der Waals surface area contributed by atoms with Gasteiger partial charge in [0.05, 0.1) is 0 Å². The quantitative estimate of drug-likeness (QED) is 0.613. The molecule has 0 atom stereocenters. The van der Waals surface area contributed by atoms with Crippen LogP contribution in [0, 0.1) is 0 Å². The van der Waals surface area contributed by atoms with E-state index in [1.165, 1.54) is 38.6 Å². The Labute approximate surface area is 88.8 Å². The second-order valence-corrected chi connectivity index (χ2v) is 5.47. The molecule has 0 spiro atoms. The summed E-state index contributed by atoms with van der Waals surface area (Å²) < 4.78 is 0. The molecule has 0 heterocycles. The van der Waals surface area contributed by atoms with Gasteiger partial charge in [0.15, 0.2) is 0 Å². The predicted octanol–water partition coefficient (Wildman–Crippen LogP) is 2.30. The number of hydrogen-bond acceptors (Lipinski definition) is 2. The maximum atomic E-state index is 3.54. The third-order valence-corrected chi connectivity index (χ3v) is 2.52. The normalized spacial score (nSPS) is 17.4. The van der Waals surface area contributed by atoms with Gasteiger partial charge in [-0.25, -0.2) is 0 Å². The minimum absolute atomic E-state index is 0.284. The highest BCUT2D eigenvalue weighted by atomic mass is 14.9. The summed E-state index contributed by atoms with van der Waals surface area (Å²) in [6.45, 7) is 9.05. The van der Waals surface area contributed by atoms with E-state index in [4.69, 9.17) is 0 Å². The van der Waals surface area contributed by atoms with Gasteiger partial charge in [0.1, 0.15) is 0 Å². The Morgan fingerprint density at radius 3 is 2.21 bits per heavy atom. The van der Waals surface area contributed by atoms with Crippen molar-refractivity contribution in [2.45, 2.75) is 64.5 Å². The third-order valence-electron chi connectivity index (χ3n) is 2.52. The van der Waals surface area contributed by atoms with Crippen molar-refractivity contribution in [2.75, 3.05) is 13.1 Å². The smallest absolute Gasteiger partial charge is 0.00965 e. The Balaban J connectivity index is 1.75. The van der Waals surface area contributed by atoms with Crippen molar-refractivity contribution in [1.29, 1.82) is 0 Å². The lowest BCUT2D eigenvalue weighted by Crippen LogP contribution is -2.36. The summed E-state index contributed by atoms with van der Waals surface area (Å²) in [5, 5.41) is 7.06. The molecule has 84 valence electrons. The van der Waals surface area contributed by atoms with Crippen LogP contribution >= 0.6 is 0 Å². The summed E-state index contributed by atoms with van der Waals surface area (Å²) in [6.07, 6.45) is 6.81. The van der Waals surface area contributed by atoms with Gasteiger partial charge in [-0.3, -0.25) is 0 Å². The van der Waals surface area contributed by atoms with Crippen LogP contribution in [-0.4, -0.2) is 24.7 Å². The van der Waals surface area contributed by atoms with Gasteiger partial charge in [-0.15, -0.1) is 0 Å². The molecule has 1 rings (SSSR count). The fourth-order valence-corrected chi connectivity index (χ4v) is 1.48. The van der Waals surface area contributed by atoms with E-state index in [1.54, 1.807) is 0 Å². The first-order chi connectivity index (χ1) is 6.58. The average Bonchev–Trinajstić information content (AvgIpc) is 2.84. The van der Waals surface area contributed by atoms with E-state index < -0.39 is 0 Å². The standard InChI is InChI=1S/C12H26N2/c1-12(2,3)14-10-6-4-5-9-13-11-7-8-11/h11,13-14H,4-10H2,1-3H3. The molecule has 1 aliphatic carbocycles. The molecule has 1 aliphatic rings. The molecule has 0 aromatic carbocycles. The van der Waals surface area contributed by atoms with Crippen LogP contribution in [0.25, 0.3) is 0 Å². The zero-order valence-corrected chi connectivity index (χ0v) is 10.0. The van der Waals surface area contributed by atoms with E-state index >= 15 is 0 Å². The van der Waals surface area contributed by atoms with E-state index in [1.807, 2.05) is 0 Å². The van der Waals surface area contributed by atoms with Crippen molar-refractivity contribution >= 4 is 0 Å². The minimum Gasteiger partial charge on any atom is -0.314 e. The van der Waals surface area contributed by atoms with Crippen LogP contribution in [0.2, 0.25) is 0 Å². The molecule has 0 saturated heterocycles. The van der Waals surface area contributed by atoms with Crippen molar-refractivity contribution in [2.24, 2.45) is 0 Å². The molecule has 0 amide bonds. The third kappa shape index (κ3) is 7.34. The Hall–Kier alpha value is -0.0800. The summed E-state index contributed by atoms with van der Waals surface area (Å²) in [6, 6.07) is 0.878. The van der Waals surface area contributed by atoms with Crippen LogP contribution in [-0.2, 0) is 0 Å². The first kappa shape index (κ1) is 12.0. The van der Waals surface area contributed by atoms with E-state index in [0.29, 0.717) is 0 Å².